The Bertz CT molecular complexity index is 253. The molecule has 0 radical (unpaired) electrons. The van der Waals surface area contributed by atoms with Crippen molar-refractivity contribution in [3.05, 3.63) is 23.4 Å². The third kappa shape index (κ3) is 1.67. The van der Waals surface area contributed by atoms with Gasteiger partial charge in [0.15, 0.2) is 0 Å². The normalized spacial score (nSPS) is 16.8. The van der Waals surface area contributed by atoms with E-state index in [2.05, 4.69) is 4.74 Å². The van der Waals surface area contributed by atoms with Crippen LogP contribution in [0.5, 0.6) is 0 Å². The van der Waals surface area contributed by atoms with E-state index >= 15 is 0 Å². The summed E-state index contributed by atoms with van der Waals surface area (Å²) in [4.78, 5) is 13.1. The lowest BCUT2D eigenvalue weighted by molar-refractivity contribution is -0.136. The number of likely N-dealkylation sites (N-methyl/N-ethyl adjacent to an activating group) is 1. The monoisotopic (exact) mass is 167 g/mol. The summed E-state index contributed by atoms with van der Waals surface area (Å²) in [6, 6.07) is 0. The van der Waals surface area contributed by atoms with Crippen molar-refractivity contribution in [2.24, 2.45) is 0 Å². The van der Waals surface area contributed by atoms with Crippen molar-refractivity contribution in [2.75, 3.05) is 20.7 Å². The summed E-state index contributed by atoms with van der Waals surface area (Å²) in [5, 5.41) is 0. The SMILES string of the molecule is COC(=O)C1=CC=C(C)N(C)C1. The van der Waals surface area contributed by atoms with Gasteiger partial charge in [-0.3, -0.25) is 0 Å². The zero-order valence-electron chi connectivity index (χ0n) is 7.63. The van der Waals surface area contributed by atoms with Crippen LogP contribution in [0.3, 0.4) is 0 Å². The smallest absolute Gasteiger partial charge is 0.335 e. The zero-order chi connectivity index (χ0) is 9.14. The summed E-state index contributed by atoms with van der Waals surface area (Å²) in [5.74, 6) is -0.245. The molecule has 0 atom stereocenters. The molecule has 0 aliphatic carbocycles. The highest BCUT2D eigenvalue weighted by atomic mass is 16.5. The fourth-order valence-electron chi connectivity index (χ4n) is 1.05. The van der Waals surface area contributed by atoms with E-state index in [9.17, 15) is 4.79 Å². The molecule has 66 valence electrons. The molecule has 0 N–H and O–H groups in total. The van der Waals surface area contributed by atoms with Crippen LogP contribution in [-0.2, 0) is 9.53 Å². The Morgan fingerprint density at radius 1 is 1.58 bits per heavy atom. The molecule has 3 nitrogen and oxygen atoms in total. The highest BCUT2D eigenvalue weighted by Gasteiger charge is 2.14. The summed E-state index contributed by atoms with van der Waals surface area (Å²) in [6.45, 7) is 2.64. The third-order valence-corrected chi connectivity index (χ3v) is 1.98. The van der Waals surface area contributed by atoms with E-state index in [1.54, 1.807) is 6.08 Å². The lowest BCUT2D eigenvalue weighted by atomic mass is 10.1. The van der Waals surface area contributed by atoms with E-state index in [4.69, 9.17) is 0 Å². The molecule has 3 heteroatoms. The second-order valence-corrected chi connectivity index (χ2v) is 2.85. The molecule has 0 spiro atoms. The van der Waals surface area contributed by atoms with Crippen LogP contribution in [0.4, 0.5) is 0 Å². The first-order chi connectivity index (χ1) is 5.65. The van der Waals surface area contributed by atoms with Crippen LogP contribution < -0.4 is 0 Å². The van der Waals surface area contributed by atoms with Crippen LogP contribution in [-0.4, -0.2) is 31.6 Å². The molecule has 0 aromatic rings. The van der Waals surface area contributed by atoms with E-state index in [1.165, 1.54) is 7.11 Å². The van der Waals surface area contributed by atoms with E-state index in [1.807, 2.05) is 24.9 Å². The minimum atomic E-state index is -0.245. The predicted octanol–water partition coefficient (Wildman–Crippen LogP) is 0.935. The van der Waals surface area contributed by atoms with Crippen molar-refractivity contribution < 1.29 is 9.53 Å². The quantitative estimate of drug-likeness (QED) is 0.544. The first kappa shape index (κ1) is 8.84. The molecule has 1 aliphatic heterocycles. The summed E-state index contributed by atoms with van der Waals surface area (Å²) >= 11 is 0. The van der Waals surface area contributed by atoms with Gasteiger partial charge in [0.2, 0.25) is 0 Å². The van der Waals surface area contributed by atoms with Gasteiger partial charge in [0.25, 0.3) is 0 Å². The predicted molar refractivity (Wildman–Crippen MR) is 46.5 cm³/mol. The van der Waals surface area contributed by atoms with Crippen LogP contribution in [0.15, 0.2) is 23.4 Å². The highest BCUT2D eigenvalue weighted by molar-refractivity contribution is 5.89. The average Bonchev–Trinajstić information content (AvgIpc) is 2.08. The van der Waals surface area contributed by atoms with Gasteiger partial charge in [0.1, 0.15) is 0 Å². The number of allylic oxidation sites excluding steroid dienone is 3. The van der Waals surface area contributed by atoms with Crippen molar-refractivity contribution in [3.63, 3.8) is 0 Å². The molecule has 1 heterocycles. The molecule has 0 aromatic heterocycles. The lowest BCUT2D eigenvalue weighted by Gasteiger charge is -2.23. The fourth-order valence-corrected chi connectivity index (χ4v) is 1.05. The molecule has 0 bridgehead atoms. The van der Waals surface area contributed by atoms with Crippen LogP contribution in [0.1, 0.15) is 6.92 Å². The number of rotatable bonds is 1. The number of nitrogens with zero attached hydrogens (tertiary/aromatic N) is 1. The molecule has 0 amide bonds. The van der Waals surface area contributed by atoms with Crippen molar-refractivity contribution in [2.45, 2.75) is 6.92 Å². The van der Waals surface area contributed by atoms with E-state index < -0.39 is 0 Å². The summed E-state index contributed by atoms with van der Waals surface area (Å²) in [7, 11) is 3.34. The van der Waals surface area contributed by atoms with Crippen LogP contribution in [0.25, 0.3) is 0 Å². The number of esters is 1. The average molecular weight is 167 g/mol. The summed E-state index contributed by atoms with van der Waals surface area (Å²) < 4.78 is 4.61. The van der Waals surface area contributed by atoms with Crippen LogP contribution in [0, 0.1) is 0 Å². The Labute approximate surface area is 72.3 Å². The molecular formula is C9H13NO2. The number of carbonyl (C=O) groups excluding carboxylic acids is 1. The number of carbonyl (C=O) groups is 1. The van der Waals surface area contributed by atoms with Crippen molar-refractivity contribution >= 4 is 5.97 Å². The maximum atomic E-state index is 11.1. The number of ether oxygens (including phenoxy) is 1. The lowest BCUT2D eigenvalue weighted by Crippen LogP contribution is -2.25. The maximum Gasteiger partial charge on any atom is 0.335 e. The number of hydrogen-bond acceptors (Lipinski definition) is 3. The zero-order valence-corrected chi connectivity index (χ0v) is 7.63. The molecule has 0 unspecified atom stereocenters. The van der Waals surface area contributed by atoms with E-state index in [-0.39, 0.29) is 5.97 Å². The van der Waals surface area contributed by atoms with Crippen molar-refractivity contribution in [1.82, 2.24) is 4.90 Å². The van der Waals surface area contributed by atoms with Crippen LogP contribution >= 0.6 is 0 Å². The number of methoxy groups -OCH3 is 1. The van der Waals surface area contributed by atoms with Gasteiger partial charge in [-0.1, -0.05) is 0 Å². The first-order valence-electron chi connectivity index (χ1n) is 3.82. The molecule has 12 heavy (non-hydrogen) atoms. The molecule has 1 aliphatic rings. The largest absolute Gasteiger partial charge is 0.466 e. The second kappa shape index (κ2) is 3.43. The minimum absolute atomic E-state index is 0.245. The Hall–Kier alpha value is -1.25. The number of hydrogen-bond donors (Lipinski definition) is 0. The molecular weight excluding hydrogens is 154 g/mol. The third-order valence-electron chi connectivity index (χ3n) is 1.98. The maximum absolute atomic E-state index is 11.1. The Kier molecular flexibility index (Phi) is 2.53. The van der Waals surface area contributed by atoms with Crippen molar-refractivity contribution in [1.29, 1.82) is 0 Å². The molecule has 0 saturated carbocycles. The molecule has 0 aromatic carbocycles. The Morgan fingerprint density at radius 2 is 2.25 bits per heavy atom. The summed E-state index contributed by atoms with van der Waals surface area (Å²) in [5.41, 5.74) is 1.85. The molecule has 0 fully saturated rings. The molecule has 1 rings (SSSR count). The van der Waals surface area contributed by atoms with Gasteiger partial charge in [-0.25, -0.2) is 4.79 Å². The van der Waals surface area contributed by atoms with Gasteiger partial charge < -0.3 is 9.64 Å². The first-order valence-corrected chi connectivity index (χ1v) is 3.82. The van der Waals surface area contributed by atoms with E-state index in [0.717, 1.165) is 5.70 Å². The van der Waals surface area contributed by atoms with Crippen LogP contribution in [0.2, 0.25) is 0 Å². The van der Waals surface area contributed by atoms with Gasteiger partial charge in [-0.2, -0.15) is 0 Å². The minimum Gasteiger partial charge on any atom is -0.466 e. The van der Waals surface area contributed by atoms with Gasteiger partial charge in [-0.05, 0) is 19.1 Å². The van der Waals surface area contributed by atoms with E-state index in [0.29, 0.717) is 12.1 Å². The summed E-state index contributed by atoms with van der Waals surface area (Å²) in [6.07, 6.45) is 3.72. The van der Waals surface area contributed by atoms with Gasteiger partial charge >= 0.3 is 5.97 Å². The topological polar surface area (TPSA) is 29.5 Å². The fraction of sp³-hybridized carbons (Fsp3) is 0.444. The Balaban J connectivity index is 2.77. The van der Waals surface area contributed by atoms with Gasteiger partial charge in [-0.15, -0.1) is 0 Å². The van der Waals surface area contributed by atoms with Crippen molar-refractivity contribution in [3.8, 4) is 0 Å². The standard InChI is InChI=1S/C9H13NO2/c1-7-4-5-8(6-10(7)2)9(11)12-3/h4-5H,6H2,1-3H3. The molecule has 0 saturated heterocycles. The second-order valence-electron chi connectivity index (χ2n) is 2.85. The highest BCUT2D eigenvalue weighted by Crippen LogP contribution is 2.12. The van der Waals surface area contributed by atoms with Gasteiger partial charge in [0, 0.05) is 19.3 Å². The van der Waals surface area contributed by atoms with Gasteiger partial charge in [0.05, 0.1) is 12.7 Å². The Morgan fingerprint density at radius 3 is 2.75 bits per heavy atom.